The van der Waals surface area contributed by atoms with Gasteiger partial charge in [0.1, 0.15) is 12.4 Å². The first kappa shape index (κ1) is 23.7. The van der Waals surface area contributed by atoms with Crippen molar-refractivity contribution in [2.24, 2.45) is 0 Å². The van der Waals surface area contributed by atoms with E-state index in [0.717, 1.165) is 41.0 Å². The molecule has 0 aliphatic heterocycles. The standard InChI is InChI=1S/C25H24Cl3N3O2/c1-2-32-23-12-16(14-29-11-10-25-30-21-8-3-4-9-22(21)31-25)20(28)13-24(23)33-15-17-18(26)6-5-7-19(17)27/h3-9,12-13,29H,2,10-11,14-15H2,1H3,(H,30,31). The first-order valence-electron chi connectivity index (χ1n) is 10.7. The predicted octanol–water partition coefficient (Wildman–Crippen LogP) is 6.83. The lowest BCUT2D eigenvalue weighted by Crippen LogP contribution is -2.17. The number of aromatic amines is 1. The Morgan fingerprint density at radius 3 is 2.42 bits per heavy atom. The topological polar surface area (TPSA) is 59.2 Å². The van der Waals surface area contributed by atoms with Crippen LogP contribution in [0.4, 0.5) is 0 Å². The summed E-state index contributed by atoms with van der Waals surface area (Å²) in [5.41, 5.74) is 3.67. The van der Waals surface area contributed by atoms with Gasteiger partial charge in [0.15, 0.2) is 11.5 Å². The van der Waals surface area contributed by atoms with Crippen LogP contribution < -0.4 is 14.8 Å². The van der Waals surface area contributed by atoms with Gasteiger partial charge in [-0.05, 0) is 42.8 Å². The van der Waals surface area contributed by atoms with E-state index in [1.165, 1.54) is 0 Å². The van der Waals surface area contributed by atoms with Crippen molar-refractivity contribution >= 4 is 45.8 Å². The number of H-pyrrole nitrogens is 1. The molecule has 0 spiro atoms. The van der Waals surface area contributed by atoms with Gasteiger partial charge >= 0.3 is 0 Å². The summed E-state index contributed by atoms with van der Waals surface area (Å²) in [5.74, 6) is 2.12. The average Bonchev–Trinajstić information content (AvgIpc) is 3.21. The SMILES string of the molecule is CCOc1cc(CNCCc2nc3ccccc3[nH]2)c(Cl)cc1OCc1c(Cl)cccc1Cl. The van der Waals surface area contributed by atoms with Gasteiger partial charge in [-0.15, -0.1) is 0 Å². The molecule has 172 valence electrons. The van der Waals surface area contributed by atoms with Crippen molar-refractivity contribution in [2.45, 2.75) is 26.5 Å². The number of hydrogen-bond acceptors (Lipinski definition) is 4. The Hall–Kier alpha value is -2.44. The molecule has 0 aliphatic rings. The summed E-state index contributed by atoms with van der Waals surface area (Å²) in [6.07, 6.45) is 0.782. The Morgan fingerprint density at radius 2 is 1.67 bits per heavy atom. The zero-order chi connectivity index (χ0) is 23.2. The maximum absolute atomic E-state index is 6.55. The number of nitrogens with one attached hydrogen (secondary N) is 2. The van der Waals surface area contributed by atoms with Gasteiger partial charge in [-0.3, -0.25) is 0 Å². The highest BCUT2D eigenvalue weighted by Crippen LogP contribution is 2.35. The molecule has 0 amide bonds. The largest absolute Gasteiger partial charge is 0.490 e. The summed E-state index contributed by atoms with van der Waals surface area (Å²) in [6.45, 7) is 3.99. The lowest BCUT2D eigenvalue weighted by atomic mass is 10.2. The van der Waals surface area contributed by atoms with E-state index in [-0.39, 0.29) is 6.61 Å². The molecule has 8 heteroatoms. The Balaban J connectivity index is 1.39. The number of para-hydroxylation sites is 2. The number of halogens is 3. The zero-order valence-electron chi connectivity index (χ0n) is 18.1. The van der Waals surface area contributed by atoms with Crippen molar-refractivity contribution < 1.29 is 9.47 Å². The fraction of sp³-hybridized carbons (Fsp3) is 0.240. The second-order valence-electron chi connectivity index (χ2n) is 7.44. The first-order chi connectivity index (χ1) is 16.0. The van der Waals surface area contributed by atoms with Crippen LogP contribution in [0.2, 0.25) is 15.1 Å². The monoisotopic (exact) mass is 503 g/mol. The summed E-state index contributed by atoms with van der Waals surface area (Å²) < 4.78 is 11.8. The molecule has 0 aliphatic carbocycles. The van der Waals surface area contributed by atoms with Crippen LogP contribution in [0, 0.1) is 0 Å². The van der Waals surface area contributed by atoms with E-state index in [9.17, 15) is 0 Å². The minimum absolute atomic E-state index is 0.212. The van der Waals surface area contributed by atoms with Gasteiger partial charge in [-0.1, -0.05) is 53.0 Å². The van der Waals surface area contributed by atoms with Crippen LogP contribution in [0.3, 0.4) is 0 Å². The highest BCUT2D eigenvalue weighted by Gasteiger charge is 2.13. The molecular formula is C25H24Cl3N3O2. The quantitative estimate of drug-likeness (QED) is 0.232. The number of rotatable bonds is 10. The van der Waals surface area contributed by atoms with Gasteiger partial charge in [-0.25, -0.2) is 4.98 Å². The fourth-order valence-electron chi connectivity index (χ4n) is 3.47. The van der Waals surface area contributed by atoms with Crippen LogP contribution in [0.15, 0.2) is 54.6 Å². The lowest BCUT2D eigenvalue weighted by Gasteiger charge is -2.16. The van der Waals surface area contributed by atoms with Crippen LogP contribution in [0.25, 0.3) is 11.0 Å². The summed E-state index contributed by atoms with van der Waals surface area (Å²) in [5, 5.41) is 5.12. The van der Waals surface area contributed by atoms with Crippen LogP contribution in [0.5, 0.6) is 11.5 Å². The molecule has 1 aromatic heterocycles. The number of fused-ring (bicyclic) bond motifs is 1. The molecule has 0 saturated heterocycles. The highest BCUT2D eigenvalue weighted by atomic mass is 35.5. The molecule has 0 atom stereocenters. The van der Waals surface area contributed by atoms with E-state index in [1.54, 1.807) is 24.3 Å². The summed E-state index contributed by atoms with van der Waals surface area (Å²) in [6, 6.07) is 17.0. The van der Waals surface area contributed by atoms with Gasteiger partial charge in [0.05, 0.1) is 17.6 Å². The Morgan fingerprint density at radius 1 is 0.909 bits per heavy atom. The minimum atomic E-state index is 0.212. The Bertz CT molecular complexity index is 1190. The fourth-order valence-corrected chi connectivity index (χ4v) is 4.19. The van der Waals surface area contributed by atoms with E-state index in [4.69, 9.17) is 44.3 Å². The summed E-state index contributed by atoms with van der Waals surface area (Å²) >= 11 is 19.1. The molecule has 0 bridgehead atoms. The van der Waals surface area contributed by atoms with Crippen molar-refractivity contribution in [1.29, 1.82) is 0 Å². The molecule has 3 aromatic carbocycles. The number of nitrogens with zero attached hydrogens (tertiary/aromatic N) is 1. The molecule has 1 heterocycles. The second kappa shape index (κ2) is 11.1. The van der Waals surface area contributed by atoms with Gasteiger partial charge in [0, 0.05) is 46.2 Å². The molecule has 33 heavy (non-hydrogen) atoms. The average molecular weight is 505 g/mol. The van der Waals surface area contributed by atoms with Crippen LogP contribution in [0.1, 0.15) is 23.9 Å². The normalized spacial score (nSPS) is 11.2. The highest BCUT2D eigenvalue weighted by molar-refractivity contribution is 6.36. The number of aromatic nitrogens is 2. The third-order valence-corrected chi connectivity index (χ3v) is 6.20. The molecule has 4 rings (SSSR count). The van der Waals surface area contributed by atoms with Crippen molar-refractivity contribution in [3.05, 3.63) is 86.6 Å². The number of hydrogen-bond donors (Lipinski definition) is 2. The number of imidazole rings is 1. The number of benzene rings is 3. The van der Waals surface area contributed by atoms with Gasteiger partial charge in [0.25, 0.3) is 0 Å². The first-order valence-corrected chi connectivity index (χ1v) is 11.8. The van der Waals surface area contributed by atoms with E-state index in [0.29, 0.717) is 39.7 Å². The molecule has 2 N–H and O–H groups in total. The third kappa shape index (κ3) is 5.92. The van der Waals surface area contributed by atoms with Crippen LogP contribution in [-0.4, -0.2) is 23.1 Å². The second-order valence-corrected chi connectivity index (χ2v) is 8.66. The molecule has 0 radical (unpaired) electrons. The third-order valence-electron chi connectivity index (χ3n) is 5.14. The van der Waals surface area contributed by atoms with E-state index in [1.807, 2.05) is 37.3 Å². The van der Waals surface area contributed by atoms with Gasteiger partial charge in [-0.2, -0.15) is 0 Å². The lowest BCUT2D eigenvalue weighted by molar-refractivity contribution is 0.269. The number of ether oxygens (including phenoxy) is 2. The van der Waals surface area contributed by atoms with E-state index < -0.39 is 0 Å². The molecule has 0 saturated carbocycles. The van der Waals surface area contributed by atoms with Gasteiger partial charge in [0.2, 0.25) is 0 Å². The molecule has 4 aromatic rings. The Labute approximate surface area is 208 Å². The van der Waals surface area contributed by atoms with Crippen molar-refractivity contribution in [1.82, 2.24) is 15.3 Å². The molecule has 5 nitrogen and oxygen atoms in total. The zero-order valence-corrected chi connectivity index (χ0v) is 20.4. The van der Waals surface area contributed by atoms with Crippen molar-refractivity contribution in [3.8, 4) is 11.5 Å². The smallest absolute Gasteiger partial charge is 0.163 e. The molecular weight excluding hydrogens is 481 g/mol. The predicted molar refractivity (Wildman–Crippen MR) is 135 cm³/mol. The molecule has 0 unspecified atom stereocenters. The van der Waals surface area contributed by atoms with E-state index >= 15 is 0 Å². The van der Waals surface area contributed by atoms with E-state index in [2.05, 4.69) is 15.3 Å². The summed E-state index contributed by atoms with van der Waals surface area (Å²) in [4.78, 5) is 7.95. The summed E-state index contributed by atoms with van der Waals surface area (Å²) in [7, 11) is 0. The maximum atomic E-state index is 6.55. The van der Waals surface area contributed by atoms with Gasteiger partial charge < -0.3 is 19.8 Å². The van der Waals surface area contributed by atoms with Crippen LogP contribution >= 0.6 is 34.8 Å². The van der Waals surface area contributed by atoms with Crippen molar-refractivity contribution in [2.75, 3.05) is 13.2 Å². The van der Waals surface area contributed by atoms with Crippen molar-refractivity contribution in [3.63, 3.8) is 0 Å². The Kier molecular flexibility index (Phi) is 7.99. The minimum Gasteiger partial charge on any atom is -0.490 e. The molecule has 0 fully saturated rings. The van der Waals surface area contributed by atoms with Crippen LogP contribution in [-0.2, 0) is 19.6 Å². The maximum Gasteiger partial charge on any atom is 0.163 e.